The van der Waals surface area contributed by atoms with E-state index in [1.54, 1.807) is 20.4 Å². The van der Waals surface area contributed by atoms with Gasteiger partial charge in [0.05, 0.1) is 19.3 Å². The number of benzene rings is 2. The number of ether oxygens (including phenoxy) is 2. The van der Waals surface area contributed by atoms with E-state index in [-0.39, 0.29) is 11.9 Å². The van der Waals surface area contributed by atoms with Gasteiger partial charge < -0.3 is 14.8 Å². The number of amides is 1. The van der Waals surface area contributed by atoms with Crippen molar-refractivity contribution in [2.75, 3.05) is 32.6 Å². The Bertz CT molecular complexity index is 1060. The summed E-state index contributed by atoms with van der Waals surface area (Å²) in [5.74, 6) is 1.44. The predicted molar refractivity (Wildman–Crippen MR) is 128 cm³/mol. The average molecular weight is 449 g/mol. The number of methoxy groups -OCH3 is 2. The lowest BCUT2D eigenvalue weighted by atomic mass is 10.0. The summed E-state index contributed by atoms with van der Waals surface area (Å²) < 4.78 is 12.8. The molecule has 7 nitrogen and oxygen atoms in total. The summed E-state index contributed by atoms with van der Waals surface area (Å²) in [5, 5.41) is 7.54. The fourth-order valence-corrected chi connectivity index (χ4v) is 4.54. The van der Waals surface area contributed by atoms with Gasteiger partial charge in [-0.2, -0.15) is 5.10 Å². The van der Waals surface area contributed by atoms with Gasteiger partial charge in [-0.1, -0.05) is 42.5 Å². The van der Waals surface area contributed by atoms with E-state index in [0.717, 1.165) is 49.4 Å². The van der Waals surface area contributed by atoms with Gasteiger partial charge in [0.1, 0.15) is 11.6 Å². The van der Waals surface area contributed by atoms with E-state index >= 15 is 0 Å². The highest BCUT2D eigenvalue weighted by Gasteiger charge is 2.25. The molecular formula is C26H32N4O3. The second kappa shape index (κ2) is 10.6. The summed E-state index contributed by atoms with van der Waals surface area (Å²) in [7, 11) is 3.25. The molecule has 0 bridgehead atoms. The van der Waals surface area contributed by atoms with Crippen LogP contribution >= 0.6 is 0 Å². The lowest BCUT2D eigenvalue weighted by molar-refractivity contribution is -0.126. The summed E-state index contributed by atoms with van der Waals surface area (Å²) in [6, 6.07) is 18.0. The molecule has 2 heterocycles. The molecule has 0 aliphatic carbocycles. The molecule has 0 spiro atoms. The Morgan fingerprint density at radius 2 is 1.88 bits per heavy atom. The lowest BCUT2D eigenvalue weighted by Gasteiger charge is -2.33. The first-order chi connectivity index (χ1) is 16.1. The number of aromatic nitrogens is 2. The summed E-state index contributed by atoms with van der Waals surface area (Å²) in [6.07, 6.45) is 3.04. The number of carbonyl (C=O) groups excluding carboxylic acids is 1. The van der Waals surface area contributed by atoms with Crippen molar-refractivity contribution < 1.29 is 14.3 Å². The van der Waals surface area contributed by atoms with Crippen molar-refractivity contribution in [1.29, 1.82) is 0 Å². The first-order valence-corrected chi connectivity index (χ1v) is 11.4. The molecule has 1 fully saturated rings. The molecule has 1 N–H and O–H groups in total. The van der Waals surface area contributed by atoms with E-state index < -0.39 is 6.10 Å². The van der Waals surface area contributed by atoms with Crippen molar-refractivity contribution in [3.63, 3.8) is 0 Å². The minimum Gasteiger partial charge on any atom is -0.496 e. The van der Waals surface area contributed by atoms with Gasteiger partial charge in [0.25, 0.3) is 5.91 Å². The monoisotopic (exact) mass is 448 g/mol. The Balaban J connectivity index is 1.36. The first-order valence-electron chi connectivity index (χ1n) is 11.4. The Morgan fingerprint density at radius 3 is 2.55 bits per heavy atom. The number of piperidine rings is 1. The van der Waals surface area contributed by atoms with Gasteiger partial charge in [-0.25, -0.2) is 4.68 Å². The van der Waals surface area contributed by atoms with E-state index in [1.165, 1.54) is 5.56 Å². The standard InChI is InChI=1S/C26H32N4O3/c1-19-17-20(9-10-23(19)32-2)18-29-15-12-22(13-16-29)30-24(11-14-27-30)28-26(31)25(33-3)21-7-5-4-6-8-21/h4-11,14,17,22,25H,12-13,15-16,18H2,1-3H3,(H,28,31). The number of anilines is 1. The normalized spacial score (nSPS) is 15.8. The molecule has 1 atom stereocenters. The summed E-state index contributed by atoms with van der Waals surface area (Å²) in [4.78, 5) is 15.4. The quantitative estimate of drug-likeness (QED) is 0.554. The highest BCUT2D eigenvalue weighted by Crippen LogP contribution is 2.28. The van der Waals surface area contributed by atoms with Gasteiger partial charge in [-0.15, -0.1) is 0 Å². The number of carbonyl (C=O) groups is 1. The second-order valence-electron chi connectivity index (χ2n) is 8.49. The zero-order chi connectivity index (χ0) is 23.2. The topological polar surface area (TPSA) is 68.6 Å². The van der Waals surface area contributed by atoms with E-state index in [0.29, 0.717) is 5.82 Å². The SMILES string of the molecule is COc1ccc(CN2CCC(n3nccc3NC(=O)C(OC)c3ccccc3)CC2)cc1C. The van der Waals surface area contributed by atoms with Gasteiger partial charge in [-0.05, 0) is 42.5 Å². The van der Waals surface area contributed by atoms with Gasteiger partial charge in [-0.3, -0.25) is 9.69 Å². The van der Waals surface area contributed by atoms with Gasteiger partial charge in [0, 0.05) is 32.8 Å². The molecule has 3 aromatic rings. The Labute approximate surface area is 195 Å². The molecule has 1 aromatic heterocycles. The highest BCUT2D eigenvalue weighted by atomic mass is 16.5. The van der Waals surface area contributed by atoms with Crippen LogP contribution in [0.15, 0.2) is 60.8 Å². The van der Waals surface area contributed by atoms with E-state index in [1.807, 2.05) is 47.1 Å². The fraction of sp³-hybridized carbons (Fsp3) is 0.385. The predicted octanol–water partition coefficient (Wildman–Crippen LogP) is 4.36. The highest BCUT2D eigenvalue weighted by molar-refractivity contribution is 5.94. The van der Waals surface area contributed by atoms with Crippen LogP contribution in [0, 0.1) is 6.92 Å². The van der Waals surface area contributed by atoms with E-state index in [9.17, 15) is 4.79 Å². The Kier molecular flexibility index (Phi) is 7.42. The summed E-state index contributed by atoms with van der Waals surface area (Å²) in [6.45, 7) is 4.96. The number of aryl methyl sites for hydroxylation is 1. The maximum Gasteiger partial charge on any atom is 0.259 e. The molecular weight excluding hydrogens is 416 g/mol. The molecule has 4 rings (SSSR count). The van der Waals surface area contributed by atoms with Crippen LogP contribution in [0.25, 0.3) is 0 Å². The molecule has 174 valence electrons. The molecule has 33 heavy (non-hydrogen) atoms. The molecule has 0 radical (unpaired) electrons. The Hall–Kier alpha value is -3.16. The van der Waals surface area contributed by atoms with Crippen LogP contribution in [-0.4, -0.2) is 47.9 Å². The van der Waals surface area contributed by atoms with Crippen LogP contribution < -0.4 is 10.1 Å². The van der Waals surface area contributed by atoms with Crippen molar-refractivity contribution in [2.24, 2.45) is 0 Å². The molecule has 7 heteroatoms. The van der Waals surface area contributed by atoms with Crippen LogP contribution in [0.5, 0.6) is 5.75 Å². The number of hydrogen-bond acceptors (Lipinski definition) is 5. The smallest absolute Gasteiger partial charge is 0.259 e. The van der Waals surface area contributed by atoms with Crippen molar-refractivity contribution in [3.8, 4) is 5.75 Å². The summed E-state index contributed by atoms with van der Waals surface area (Å²) >= 11 is 0. The van der Waals surface area contributed by atoms with Crippen LogP contribution in [0.4, 0.5) is 5.82 Å². The minimum absolute atomic E-state index is 0.197. The average Bonchev–Trinajstić information content (AvgIpc) is 3.29. The maximum atomic E-state index is 12.9. The number of nitrogens with one attached hydrogen (secondary N) is 1. The van der Waals surface area contributed by atoms with Gasteiger partial charge >= 0.3 is 0 Å². The number of rotatable bonds is 8. The molecule has 1 saturated heterocycles. The Morgan fingerprint density at radius 1 is 1.12 bits per heavy atom. The van der Waals surface area contributed by atoms with E-state index in [2.05, 4.69) is 34.4 Å². The van der Waals surface area contributed by atoms with Crippen LogP contribution in [0.1, 0.15) is 41.7 Å². The second-order valence-corrected chi connectivity index (χ2v) is 8.49. The van der Waals surface area contributed by atoms with Gasteiger partial charge in [0.2, 0.25) is 0 Å². The van der Waals surface area contributed by atoms with Crippen molar-refractivity contribution in [1.82, 2.24) is 14.7 Å². The lowest BCUT2D eigenvalue weighted by Crippen LogP contribution is -2.35. The maximum absolute atomic E-state index is 12.9. The summed E-state index contributed by atoms with van der Waals surface area (Å²) in [5.41, 5.74) is 3.28. The minimum atomic E-state index is -0.663. The third-order valence-corrected chi connectivity index (χ3v) is 6.27. The largest absolute Gasteiger partial charge is 0.496 e. The molecule has 1 aliphatic heterocycles. The zero-order valence-electron chi connectivity index (χ0n) is 19.5. The van der Waals surface area contributed by atoms with Crippen LogP contribution in [0.3, 0.4) is 0 Å². The molecule has 1 unspecified atom stereocenters. The molecule has 1 aliphatic rings. The number of nitrogens with zero attached hydrogens (tertiary/aromatic N) is 3. The molecule has 1 amide bonds. The molecule has 0 saturated carbocycles. The van der Waals surface area contributed by atoms with E-state index in [4.69, 9.17) is 9.47 Å². The third-order valence-electron chi connectivity index (χ3n) is 6.27. The third kappa shape index (κ3) is 5.43. The van der Waals surface area contributed by atoms with Crippen LogP contribution in [0.2, 0.25) is 0 Å². The first kappa shape index (κ1) is 23.0. The van der Waals surface area contributed by atoms with Crippen molar-refractivity contribution >= 4 is 11.7 Å². The molecule has 2 aromatic carbocycles. The fourth-order valence-electron chi connectivity index (χ4n) is 4.54. The van der Waals surface area contributed by atoms with Crippen LogP contribution in [-0.2, 0) is 16.1 Å². The van der Waals surface area contributed by atoms with Crippen molar-refractivity contribution in [3.05, 3.63) is 77.5 Å². The number of hydrogen-bond donors (Lipinski definition) is 1. The van der Waals surface area contributed by atoms with Crippen molar-refractivity contribution in [2.45, 2.75) is 38.5 Å². The zero-order valence-corrected chi connectivity index (χ0v) is 19.5. The van der Waals surface area contributed by atoms with Gasteiger partial charge in [0.15, 0.2) is 6.10 Å². The number of likely N-dealkylation sites (tertiary alicyclic amines) is 1.